The molecular formula is C14H24N2OS. The first kappa shape index (κ1) is 13.8. The highest BCUT2D eigenvalue weighted by atomic mass is 32.2. The van der Waals surface area contributed by atoms with E-state index in [1.807, 2.05) is 13.8 Å². The molecule has 0 bridgehead atoms. The van der Waals surface area contributed by atoms with Gasteiger partial charge in [-0.2, -0.15) is 11.8 Å². The fraction of sp³-hybridized carbons (Fsp3) is 0.786. The lowest BCUT2D eigenvalue weighted by atomic mass is 10.00. The first-order valence-corrected chi connectivity index (χ1v) is 7.99. The number of thioether (sulfide) groups is 1. The summed E-state index contributed by atoms with van der Waals surface area (Å²) >= 11 is 2.05. The van der Waals surface area contributed by atoms with Crippen LogP contribution in [0.25, 0.3) is 0 Å². The maximum atomic E-state index is 11.5. The fourth-order valence-corrected chi connectivity index (χ4v) is 4.23. The lowest BCUT2D eigenvalue weighted by molar-refractivity contribution is -0.122. The highest BCUT2D eigenvalue weighted by Crippen LogP contribution is 2.34. The van der Waals surface area contributed by atoms with Gasteiger partial charge in [-0.25, -0.2) is 0 Å². The van der Waals surface area contributed by atoms with Gasteiger partial charge in [0.15, 0.2) is 0 Å². The summed E-state index contributed by atoms with van der Waals surface area (Å²) in [6, 6.07) is 1.10. The average Bonchev–Trinajstić information content (AvgIpc) is 2.84. The predicted molar refractivity (Wildman–Crippen MR) is 77.5 cm³/mol. The molecule has 2 saturated heterocycles. The van der Waals surface area contributed by atoms with Crippen LogP contribution in [-0.4, -0.2) is 28.9 Å². The molecule has 0 amide bonds. The van der Waals surface area contributed by atoms with Gasteiger partial charge in [-0.3, -0.25) is 4.79 Å². The molecule has 0 spiro atoms. The number of carbonyl (C=O) groups excluding carboxylic acids is 1. The van der Waals surface area contributed by atoms with E-state index >= 15 is 0 Å². The molecule has 3 atom stereocenters. The molecule has 4 heteroatoms. The maximum absolute atomic E-state index is 11.5. The van der Waals surface area contributed by atoms with Crippen LogP contribution in [0.5, 0.6) is 0 Å². The van der Waals surface area contributed by atoms with Crippen molar-refractivity contribution in [2.75, 3.05) is 5.75 Å². The van der Waals surface area contributed by atoms with E-state index in [-0.39, 0.29) is 5.92 Å². The topological polar surface area (TPSA) is 41.1 Å². The molecule has 2 fully saturated rings. The van der Waals surface area contributed by atoms with Crippen LogP contribution in [0, 0.1) is 5.92 Å². The summed E-state index contributed by atoms with van der Waals surface area (Å²) in [7, 11) is 0. The Morgan fingerprint density at radius 2 is 2.22 bits per heavy atom. The Morgan fingerprint density at radius 3 is 2.94 bits per heavy atom. The van der Waals surface area contributed by atoms with Crippen LogP contribution < -0.4 is 10.6 Å². The summed E-state index contributed by atoms with van der Waals surface area (Å²) in [5.74, 6) is 2.75. The number of unbranched alkanes of at least 4 members (excludes halogenated alkanes) is 1. The van der Waals surface area contributed by atoms with Crippen LogP contribution in [0.4, 0.5) is 0 Å². The molecule has 102 valence electrons. The van der Waals surface area contributed by atoms with E-state index in [1.54, 1.807) is 0 Å². The first-order valence-electron chi connectivity index (χ1n) is 6.94. The van der Waals surface area contributed by atoms with E-state index in [1.165, 1.54) is 12.2 Å². The van der Waals surface area contributed by atoms with Gasteiger partial charge in [0.25, 0.3) is 0 Å². The van der Waals surface area contributed by atoms with E-state index in [9.17, 15) is 4.79 Å². The monoisotopic (exact) mass is 268 g/mol. The Kier molecular flexibility index (Phi) is 4.60. The standard InChI is InChI=1S/C14H24N2OS/c1-9(2)12(17)6-4-5-7-13-14-11(8-18-13)15-10(3)16-14/h9,11,13-16H,3-8H2,1-2H3/t11-,13+,14-/m1/s1. The number of hydrogen-bond acceptors (Lipinski definition) is 4. The zero-order valence-corrected chi connectivity index (χ0v) is 12.2. The van der Waals surface area contributed by atoms with Gasteiger partial charge in [-0.05, 0) is 12.8 Å². The zero-order valence-electron chi connectivity index (χ0n) is 11.4. The Bertz CT molecular complexity index is 330. The van der Waals surface area contributed by atoms with Crippen molar-refractivity contribution in [2.24, 2.45) is 5.92 Å². The Labute approximate surface area is 114 Å². The molecule has 0 aromatic heterocycles. The molecule has 3 nitrogen and oxygen atoms in total. The molecule has 2 rings (SSSR count). The lowest BCUT2D eigenvalue weighted by Gasteiger charge is -2.17. The lowest BCUT2D eigenvalue weighted by Crippen LogP contribution is -2.36. The van der Waals surface area contributed by atoms with Crippen molar-refractivity contribution in [1.29, 1.82) is 0 Å². The van der Waals surface area contributed by atoms with E-state index in [0.717, 1.165) is 25.1 Å². The highest BCUT2D eigenvalue weighted by molar-refractivity contribution is 8.00. The number of hydrogen-bond donors (Lipinski definition) is 2. The van der Waals surface area contributed by atoms with E-state index < -0.39 is 0 Å². The molecule has 0 aromatic carbocycles. The van der Waals surface area contributed by atoms with Crippen LogP contribution in [0.1, 0.15) is 39.5 Å². The molecule has 18 heavy (non-hydrogen) atoms. The normalized spacial score (nSPS) is 30.2. The summed E-state index contributed by atoms with van der Waals surface area (Å²) in [5, 5.41) is 7.51. The summed E-state index contributed by atoms with van der Waals surface area (Å²) in [4.78, 5) is 11.5. The van der Waals surface area contributed by atoms with Crippen LogP contribution >= 0.6 is 11.8 Å². The predicted octanol–water partition coefficient (Wildman–Crippen LogP) is 2.29. The summed E-state index contributed by atoms with van der Waals surface area (Å²) in [5.41, 5.74) is 0. The Balaban J connectivity index is 1.66. The van der Waals surface area contributed by atoms with Crippen LogP contribution in [0.15, 0.2) is 12.4 Å². The number of ketones is 1. The van der Waals surface area contributed by atoms with Gasteiger partial charge in [0.05, 0.1) is 17.9 Å². The summed E-state index contributed by atoms with van der Waals surface area (Å²) in [6.07, 6.45) is 4.16. The van der Waals surface area contributed by atoms with Crippen molar-refractivity contribution in [3.8, 4) is 0 Å². The molecule has 0 saturated carbocycles. The second-order valence-electron chi connectivity index (χ2n) is 5.64. The number of Topliss-reactive ketones (excluding diaryl/α,β-unsaturated/α-hetero) is 1. The fourth-order valence-electron chi connectivity index (χ4n) is 2.68. The second kappa shape index (κ2) is 6.00. The molecule has 0 unspecified atom stereocenters. The summed E-state index contributed by atoms with van der Waals surface area (Å²) in [6.45, 7) is 7.91. The van der Waals surface area contributed by atoms with Gasteiger partial charge in [-0.15, -0.1) is 0 Å². The van der Waals surface area contributed by atoms with Crippen LogP contribution in [0.3, 0.4) is 0 Å². The van der Waals surface area contributed by atoms with Crippen molar-refractivity contribution in [3.05, 3.63) is 12.4 Å². The third-order valence-corrected chi connectivity index (χ3v) is 5.34. The molecule has 2 aliphatic heterocycles. The summed E-state index contributed by atoms with van der Waals surface area (Å²) < 4.78 is 0. The van der Waals surface area contributed by atoms with Crippen molar-refractivity contribution in [2.45, 2.75) is 56.9 Å². The van der Waals surface area contributed by atoms with Gasteiger partial charge < -0.3 is 10.6 Å². The smallest absolute Gasteiger partial charge is 0.135 e. The van der Waals surface area contributed by atoms with Crippen LogP contribution in [-0.2, 0) is 4.79 Å². The Morgan fingerprint density at radius 1 is 1.44 bits per heavy atom. The third kappa shape index (κ3) is 3.22. The van der Waals surface area contributed by atoms with Crippen molar-refractivity contribution in [1.82, 2.24) is 10.6 Å². The first-order chi connectivity index (χ1) is 8.58. The molecule has 0 aromatic rings. The minimum Gasteiger partial charge on any atom is -0.367 e. The third-order valence-electron chi connectivity index (χ3n) is 3.83. The molecular weight excluding hydrogens is 244 g/mol. The van der Waals surface area contributed by atoms with Gasteiger partial charge >= 0.3 is 0 Å². The van der Waals surface area contributed by atoms with E-state index in [2.05, 4.69) is 29.0 Å². The molecule has 2 heterocycles. The number of rotatable bonds is 6. The molecule has 2 N–H and O–H groups in total. The maximum Gasteiger partial charge on any atom is 0.135 e. The zero-order chi connectivity index (χ0) is 13.1. The van der Waals surface area contributed by atoms with Crippen LogP contribution in [0.2, 0.25) is 0 Å². The number of nitrogens with one attached hydrogen (secondary N) is 2. The van der Waals surface area contributed by atoms with E-state index in [0.29, 0.717) is 23.1 Å². The minimum absolute atomic E-state index is 0.194. The SMILES string of the molecule is C=C1N[C@H]2[C@H](CCCCC(=O)C(C)C)SC[C@H]2N1. The minimum atomic E-state index is 0.194. The second-order valence-corrected chi connectivity index (χ2v) is 6.91. The number of carbonyl (C=O) groups is 1. The van der Waals surface area contributed by atoms with Crippen molar-refractivity contribution < 1.29 is 4.79 Å². The van der Waals surface area contributed by atoms with Gasteiger partial charge in [0, 0.05) is 23.3 Å². The molecule has 0 aliphatic carbocycles. The average molecular weight is 268 g/mol. The van der Waals surface area contributed by atoms with Gasteiger partial charge in [-0.1, -0.05) is 26.8 Å². The Hall–Kier alpha value is -0.640. The molecule has 2 aliphatic rings. The van der Waals surface area contributed by atoms with Crippen molar-refractivity contribution >= 4 is 17.5 Å². The largest absolute Gasteiger partial charge is 0.367 e. The quantitative estimate of drug-likeness (QED) is 0.725. The highest BCUT2D eigenvalue weighted by Gasteiger charge is 2.40. The van der Waals surface area contributed by atoms with E-state index in [4.69, 9.17) is 0 Å². The number of fused-ring (bicyclic) bond motifs is 1. The van der Waals surface area contributed by atoms with Gasteiger partial charge in [0.2, 0.25) is 0 Å². The van der Waals surface area contributed by atoms with Gasteiger partial charge in [0.1, 0.15) is 5.78 Å². The van der Waals surface area contributed by atoms with Crippen molar-refractivity contribution in [3.63, 3.8) is 0 Å². The molecule has 0 radical (unpaired) electrons.